The van der Waals surface area contributed by atoms with Crippen LogP contribution in [0, 0.1) is 0 Å². The number of hydrogen-bond donors (Lipinski definition) is 0. The second kappa shape index (κ2) is 6.57. The van der Waals surface area contributed by atoms with Crippen molar-refractivity contribution < 1.29 is 14.3 Å². The van der Waals surface area contributed by atoms with E-state index in [0.717, 1.165) is 11.1 Å². The molecular weight excluding hydrogens is 252 g/mol. The fourth-order valence-corrected chi connectivity index (χ4v) is 1.90. The average Bonchev–Trinajstić information content (AvgIpc) is 2.49. The van der Waals surface area contributed by atoms with Crippen molar-refractivity contribution >= 4 is 17.5 Å². The molecule has 0 aliphatic carbocycles. The molecule has 0 bridgehead atoms. The third-order valence-electron chi connectivity index (χ3n) is 2.73. The summed E-state index contributed by atoms with van der Waals surface area (Å²) >= 11 is 0. The molecule has 2 aromatic rings. The minimum absolute atomic E-state index is 0.380. The molecule has 0 aliphatic rings. The summed E-state index contributed by atoms with van der Waals surface area (Å²) in [6.45, 7) is 1.38. The first-order valence-electron chi connectivity index (χ1n) is 6.30. The predicted octanol–water partition coefficient (Wildman–Crippen LogP) is 3.72. The van der Waals surface area contributed by atoms with Gasteiger partial charge in [0.05, 0.1) is 7.11 Å². The highest BCUT2D eigenvalue weighted by molar-refractivity contribution is 5.88. The van der Waals surface area contributed by atoms with E-state index in [1.807, 2.05) is 60.7 Å². The molecule has 20 heavy (non-hydrogen) atoms. The minimum atomic E-state index is -0.380. The highest BCUT2D eigenvalue weighted by atomic mass is 16.6. The van der Waals surface area contributed by atoms with Gasteiger partial charge in [0, 0.05) is 18.1 Å². The normalized spacial score (nSPS) is 11.5. The Morgan fingerprint density at radius 2 is 1.25 bits per heavy atom. The maximum absolute atomic E-state index is 11.4. The molecule has 0 amide bonds. The zero-order valence-corrected chi connectivity index (χ0v) is 11.5. The molecule has 0 N–H and O–H groups in total. The van der Waals surface area contributed by atoms with E-state index in [4.69, 9.17) is 9.47 Å². The van der Waals surface area contributed by atoms with Crippen LogP contribution in [0.2, 0.25) is 0 Å². The van der Waals surface area contributed by atoms with Crippen LogP contribution >= 0.6 is 0 Å². The van der Waals surface area contributed by atoms with Crippen LogP contribution in [0.1, 0.15) is 18.1 Å². The molecule has 0 saturated heterocycles. The van der Waals surface area contributed by atoms with E-state index in [0.29, 0.717) is 11.5 Å². The van der Waals surface area contributed by atoms with E-state index in [9.17, 15) is 4.79 Å². The third-order valence-corrected chi connectivity index (χ3v) is 2.73. The molecule has 0 unspecified atom stereocenters. The molecule has 0 fully saturated rings. The summed E-state index contributed by atoms with van der Waals surface area (Å²) in [5.74, 6) is 0.577. The third kappa shape index (κ3) is 3.26. The van der Waals surface area contributed by atoms with Gasteiger partial charge < -0.3 is 9.47 Å². The number of benzene rings is 2. The molecule has 0 atom stereocenters. The molecule has 2 rings (SSSR count). The van der Waals surface area contributed by atoms with Gasteiger partial charge in [-0.15, -0.1) is 0 Å². The van der Waals surface area contributed by atoms with Crippen LogP contribution in [0.25, 0.3) is 11.5 Å². The van der Waals surface area contributed by atoms with Crippen LogP contribution in [0.4, 0.5) is 0 Å². The monoisotopic (exact) mass is 268 g/mol. The lowest BCUT2D eigenvalue weighted by molar-refractivity contribution is -0.134. The number of methoxy groups -OCH3 is 1. The van der Waals surface area contributed by atoms with Gasteiger partial charge in [0.15, 0.2) is 11.5 Å². The van der Waals surface area contributed by atoms with Crippen molar-refractivity contribution in [3.05, 3.63) is 71.8 Å². The van der Waals surface area contributed by atoms with Gasteiger partial charge >= 0.3 is 5.97 Å². The molecule has 0 radical (unpaired) electrons. The maximum atomic E-state index is 11.4. The second-order valence-corrected chi connectivity index (χ2v) is 4.19. The quantitative estimate of drug-likeness (QED) is 0.481. The Labute approximate surface area is 118 Å². The molecule has 2 aromatic carbocycles. The standard InChI is InChI=1S/C17H16O3/c1-13(18)20-17(15-11-7-4-8-12-15)16(19-2)14-9-5-3-6-10-14/h3-12H,1-2H3. The zero-order chi connectivity index (χ0) is 14.4. The first-order valence-corrected chi connectivity index (χ1v) is 6.30. The van der Waals surface area contributed by atoms with E-state index in [1.54, 1.807) is 7.11 Å². The van der Waals surface area contributed by atoms with E-state index in [2.05, 4.69) is 0 Å². The number of ether oxygens (including phenoxy) is 2. The summed E-state index contributed by atoms with van der Waals surface area (Å²) in [6.07, 6.45) is 0. The van der Waals surface area contributed by atoms with Crippen LogP contribution < -0.4 is 0 Å². The van der Waals surface area contributed by atoms with Crippen molar-refractivity contribution in [2.45, 2.75) is 6.92 Å². The minimum Gasteiger partial charge on any atom is -0.492 e. The highest BCUT2D eigenvalue weighted by Gasteiger charge is 2.15. The lowest BCUT2D eigenvalue weighted by atomic mass is 10.1. The average molecular weight is 268 g/mol. The van der Waals surface area contributed by atoms with Gasteiger partial charge in [0.2, 0.25) is 0 Å². The number of carbonyl (C=O) groups is 1. The van der Waals surface area contributed by atoms with Crippen LogP contribution in [-0.4, -0.2) is 13.1 Å². The molecular formula is C17H16O3. The smallest absolute Gasteiger partial charge is 0.308 e. The van der Waals surface area contributed by atoms with Gasteiger partial charge in [-0.3, -0.25) is 4.79 Å². The maximum Gasteiger partial charge on any atom is 0.308 e. The van der Waals surface area contributed by atoms with Crippen molar-refractivity contribution in [2.75, 3.05) is 7.11 Å². The van der Waals surface area contributed by atoms with Crippen molar-refractivity contribution in [3.8, 4) is 0 Å². The fraction of sp³-hybridized carbons (Fsp3) is 0.118. The van der Waals surface area contributed by atoms with Gasteiger partial charge in [-0.25, -0.2) is 0 Å². The van der Waals surface area contributed by atoms with Gasteiger partial charge in [-0.1, -0.05) is 60.7 Å². The largest absolute Gasteiger partial charge is 0.492 e. The summed E-state index contributed by atoms with van der Waals surface area (Å²) < 4.78 is 10.8. The molecule has 102 valence electrons. The number of rotatable bonds is 4. The van der Waals surface area contributed by atoms with Gasteiger partial charge in [0.25, 0.3) is 0 Å². The summed E-state index contributed by atoms with van der Waals surface area (Å²) in [5, 5.41) is 0. The van der Waals surface area contributed by atoms with Crippen LogP contribution in [0.5, 0.6) is 0 Å². The Kier molecular flexibility index (Phi) is 4.56. The summed E-state index contributed by atoms with van der Waals surface area (Å²) in [6, 6.07) is 19.0. The van der Waals surface area contributed by atoms with E-state index >= 15 is 0 Å². The van der Waals surface area contributed by atoms with E-state index < -0.39 is 0 Å². The van der Waals surface area contributed by atoms with Crippen LogP contribution in [0.15, 0.2) is 60.7 Å². The topological polar surface area (TPSA) is 35.5 Å². The SMILES string of the molecule is COC(=C(OC(C)=O)c1ccccc1)c1ccccc1. The summed E-state index contributed by atoms with van der Waals surface area (Å²) in [4.78, 5) is 11.4. The predicted molar refractivity (Wildman–Crippen MR) is 78.5 cm³/mol. The van der Waals surface area contributed by atoms with Crippen molar-refractivity contribution in [3.63, 3.8) is 0 Å². The van der Waals surface area contributed by atoms with E-state index in [1.165, 1.54) is 6.92 Å². The highest BCUT2D eigenvalue weighted by Crippen LogP contribution is 2.28. The van der Waals surface area contributed by atoms with Gasteiger partial charge in [0.1, 0.15) is 0 Å². The van der Waals surface area contributed by atoms with Crippen molar-refractivity contribution in [2.24, 2.45) is 0 Å². The molecule has 0 aromatic heterocycles. The summed E-state index contributed by atoms with van der Waals surface area (Å²) in [5.41, 5.74) is 1.65. The lowest BCUT2D eigenvalue weighted by Crippen LogP contribution is -2.03. The molecule has 0 heterocycles. The summed E-state index contributed by atoms with van der Waals surface area (Å²) in [7, 11) is 1.56. The lowest BCUT2D eigenvalue weighted by Gasteiger charge is -2.14. The van der Waals surface area contributed by atoms with E-state index in [-0.39, 0.29) is 5.97 Å². The number of esters is 1. The van der Waals surface area contributed by atoms with Gasteiger partial charge in [-0.05, 0) is 0 Å². The Morgan fingerprint density at radius 1 is 0.800 bits per heavy atom. The molecule has 0 aliphatic heterocycles. The Hall–Kier alpha value is -2.55. The first kappa shape index (κ1) is 13.9. The van der Waals surface area contributed by atoms with Crippen molar-refractivity contribution in [1.29, 1.82) is 0 Å². The fourth-order valence-electron chi connectivity index (χ4n) is 1.90. The number of carbonyl (C=O) groups excluding carboxylic acids is 1. The Balaban J connectivity index is 2.58. The molecule has 0 saturated carbocycles. The van der Waals surface area contributed by atoms with Gasteiger partial charge in [-0.2, -0.15) is 0 Å². The molecule has 3 nitrogen and oxygen atoms in total. The van der Waals surface area contributed by atoms with Crippen LogP contribution in [-0.2, 0) is 14.3 Å². The Bertz CT molecular complexity index is 601. The number of hydrogen-bond acceptors (Lipinski definition) is 3. The van der Waals surface area contributed by atoms with Crippen molar-refractivity contribution in [1.82, 2.24) is 0 Å². The second-order valence-electron chi connectivity index (χ2n) is 4.19. The zero-order valence-electron chi connectivity index (χ0n) is 11.5. The Morgan fingerprint density at radius 3 is 1.65 bits per heavy atom. The van der Waals surface area contributed by atoms with Crippen LogP contribution in [0.3, 0.4) is 0 Å². The first-order chi connectivity index (χ1) is 9.72. The molecule has 0 spiro atoms. The molecule has 3 heteroatoms.